The van der Waals surface area contributed by atoms with Crippen LogP contribution in [0.4, 0.5) is 8.78 Å². The van der Waals surface area contributed by atoms with Crippen LogP contribution in [0.2, 0.25) is 0 Å². The summed E-state index contributed by atoms with van der Waals surface area (Å²) in [5.41, 5.74) is 5.27. The fraction of sp³-hybridized carbons (Fsp3) is 0.300. The van der Waals surface area contributed by atoms with Crippen LogP contribution in [0.3, 0.4) is 0 Å². The summed E-state index contributed by atoms with van der Waals surface area (Å²) in [6.45, 7) is 0. The maximum Gasteiger partial charge on any atom is 0.139 e. The van der Waals surface area contributed by atoms with E-state index in [0.717, 1.165) is 6.07 Å². The molecular weight excluding hydrogens is 234 g/mol. The lowest BCUT2D eigenvalue weighted by molar-refractivity contribution is 0.317. The first-order valence-electron chi connectivity index (χ1n) is 4.67. The Labute approximate surface area is 96.3 Å². The standard InChI is InChI=1S/C10H12F2N2OS/c11-7-3-4-9(8(12)6-7)16-5-1-2-10(13)14-15/h3-4,6,15H,1-2,5H2,(H2,13,14). The molecule has 0 aliphatic carbocycles. The molecule has 3 N–H and O–H groups in total. The Morgan fingerprint density at radius 1 is 1.44 bits per heavy atom. The first-order chi connectivity index (χ1) is 7.63. The highest BCUT2D eigenvalue weighted by molar-refractivity contribution is 7.99. The van der Waals surface area contributed by atoms with Crippen molar-refractivity contribution in [2.75, 3.05) is 5.75 Å². The summed E-state index contributed by atoms with van der Waals surface area (Å²) < 4.78 is 25.7. The first-order valence-corrected chi connectivity index (χ1v) is 5.66. The summed E-state index contributed by atoms with van der Waals surface area (Å²) in [6.07, 6.45) is 1.11. The van der Waals surface area contributed by atoms with Gasteiger partial charge in [-0.1, -0.05) is 5.16 Å². The highest BCUT2D eigenvalue weighted by Gasteiger charge is 2.04. The fourth-order valence-electron chi connectivity index (χ4n) is 1.08. The number of thioether (sulfide) groups is 1. The monoisotopic (exact) mass is 246 g/mol. The normalized spacial score (nSPS) is 11.8. The maximum absolute atomic E-state index is 13.2. The number of nitrogens with two attached hydrogens (primary N) is 1. The molecule has 0 aliphatic rings. The third-order valence-corrected chi connectivity index (χ3v) is 2.99. The molecule has 1 rings (SSSR count). The van der Waals surface area contributed by atoms with Crippen molar-refractivity contribution in [2.45, 2.75) is 17.7 Å². The van der Waals surface area contributed by atoms with Gasteiger partial charge in [0, 0.05) is 17.4 Å². The lowest BCUT2D eigenvalue weighted by Crippen LogP contribution is -2.11. The van der Waals surface area contributed by atoms with Gasteiger partial charge in [-0.05, 0) is 24.3 Å². The van der Waals surface area contributed by atoms with Crippen LogP contribution >= 0.6 is 11.8 Å². The Morgan fingerprint density at radius 2 is 2.19 bits per heavy atom. The van der Waals surface area contributed by atoms with Gasteiger partial charge in [0.25, 0.3) is 0 Å². The number of benzene rings is 1. The van der Waals surface area contributed by atoms with Gasteiger partial charge in [0.05, 0.1) is 0 Å². The zero-order chi connectivity index (χ0) is 12.0. The van der Waals surface area contributed by atoms with Crippen LogP contribution in [0.15, 0.2) is 28.3 Å². The Morgan fingerprint density at radius 3 is 2.81 bits per heavy atom. The Bertz CT molecular complexity index is 385. The molecule has 0 unspecified atom stereocenters. The number of nitrogens with zero attached hydrogens (tertiary/aromatic N) is 1. The molecule has 88 valence electrons. The molecule has 6 heteroatoms. The van der Waals surface area contributed by atoms with Crippen LogP contribution in [0.5, 0.6) is 0 Å². The SMILES string of the molecule is N/C(CCCSc1ccc(F)cc1F)=N\O. The van der Waals surface area contributed by atoms with E-state index in [-0.39, 0.29) is 5.84 Å². The van der Waals surface area contributed by atoms with Gasteiger partial charge in [0.15, 0.2) is 0 Å². The van der Waals surface area contributed by atoms with Gasteiger partial charge in [-0.25, -0.2) is 8.78 Å². The Kier molecular flexibility index (Phi) is 5.04. The molecule has 1 aromatic rings. The van der Waals surface area contributed by atoms with Crippen molar-refractivity contribution < 1.29 is 14.0 Å². The van der Waals surface area contributed by atoms with Crippen LogP contribution in [-0.4, -0.2) is 16.8 Å². The van der Waals surface area contributed by atoms with E-state index in [1.807, 2.05) is 0 Å². The highest BCUT2D eigenvalue weighted by Crippen LogP contribution is 2.23. The van der Waals surface area contributed by atoms with Crippen molar-refractivity contribution >= 4 is 17.6 Å². The first kappa shape index (κ1) is 12.8. The molecule has 0 aromatic heterocycles. The molecule has 0 radical (unpaired) electrons. The topological polar surface area (TPSA) is 58.6 Å². The Balaban J connectivity index is 2.37. The summed E-state index contributed by atoms with van der Waals surface area (Å²) in [6, 6.07) is 3.47. The summed E-state index contributed by atoms with van der Waals surface area (Å²) in [5, 5.41) is 11.1. The quantitative estimate of drug-likeness (QED) is 0.210. The number of hydrogen-bond acceptors (Lipinski definition) is 3. The van der Waals surface area contributed by atoms with E-state index >= 15 is 0 Å². The molecule has 3 nitrogen and oxygen atoms in total. The molecule has 0 heterocycles. The van der Waals surface area contributed by atoms with Crippen molar-refractivity contribution in [1.29, 1.82) is 0 Å². The average molecular weight is 246 g/mol. The van der Waals surface area contributed by atoms with Gasteiger partial charge in [-0.2, -0.15) is 0 Å². The number of halogens is 2. The molecule has 0 spiro atoms. The molecule has 0 atom stereocenters. The number of rotatable bonds is 5. The van der Waals surface area contributed by atoms with Crippen LogP contribution in [0.1, 0.15) is 12.8 Å². The molecule has 16 heavy (non-hydrogen) atoms. The molecule has 0 saturated carbocycles. The van der Waals surface area contributed by atoms with Crippen molar-refractivity contribution in [1.82, 2.24) is 0 Å². The minimum absolute atomic E-state index is 0.153. The summed E-state index contributed by atoms with van der Waals surface area (Å²) in [5.74, 6) is -0.369. The smallest absolute Gasteiger partial charge is 0.139 e. The summed E-state index contributed by atoms with van der Waals surface area (Å²) >= 11 is 1.27. The molecule has 0 aliphatic heterocycles. The maximum atomic E-state index is 13.2. The van der Waals surface area contributed by atoms with E-state index in [4.69, 9.17) is 10.9 Å². The van der Waals surface area contributed by atoms with Gasteiger partial charge in [0.1, 0.15) is 17.5 Å². The van der Waals surface area contributed by atoms with Gasteiger partial charge >= 0.3 is 0 Å². The molecular formula is C10H12F2N2OS. The van der Waals surface area contributed by atoms with E-state index in [1.165, 1.54) is 23.9 Å². The fourth-order valence-corrected chi connectivity index (χ4v) is 1.95. The van der Waals surface area contributed by atoms with Crippen molar-refractivity contribution in [2.24, 2.45) is 10.9 Å². The van der Waals surface area contributed by atoms with Crippen molar-refractivity contribution in [3.63, 3.8) is 0 Å². The van der Waals surface area contributed by atoms with Crippen LogP contribution in [-0.2, 0) is 0 Å². The molecule has 0 saturated heterocycles. The molecule has 0 bridgehead atoms. The third-order valence-electron chi connectivity index (χ3n) is 1.86. The number of amidine groups is 1. The predicted octanol–water partition coefficient (Wildman–Crippen LogP) is 2.58. The lowest BCUT2D eigenvalue weighted by Gasteiger charge is -2.02. The van der Waals surface area contributed by atoms with E-state index in [0.29, 0.717) is 23.5 Å². The summed E-state index contributed by atoms with van der Waals surface area (Å²) in [7, 11) is 0. The second kappa shape index (κ2) is 6.32. The summed E-state index contributed by atoms with van der Waals surface area (Å²) in [4.78, 5) is 0.404. The van der Waals surface area contributed by atoms with Crippen LogP contribution in [0, 0.1) is 11.6 Å². The van der Waals surface area contributed by atoms with E-state index < -0.39 is 11.6 Å². The van der Waals surface area contributed by atoms with Gasteiger partial charge in [0.2, 0.25) is 0 Å². The van der Waals surface area contributed by atoms with Gasteiger partial charge < -0.3 is 10.9 Å². The van der Waals surface area contributed by atoms with Crippen LogP contribution in [0.25, 0.3) is 0 Å². The van der Waals surface area contributed by atoms with E-state index in [9.17, 15) is 8.78 Å². The number of oxime groups is 1. The minimum Gasteiger partial charge on any atom is -0.409 e. The Hall–Kier alpha value is -1.30. The van der Waals surface area contributed by atoms with Gasteiger partial charge in [-0.3, -0.25) is 0 Å². The molecule has 1 aromatic carbocycles. The van der Waals surface area contributed by atoms with Crippen LogP contribution < -0.4 is 5.73 Å². The van der Waals surface area contributed by atoms with Gasteiger partial charge in [-0.15, -0.1) is 11.8 Å². The second-order valence-corrected chi connectivity index (χ2v) is 4.25. The van der Waals surface area contributed by atoms with E-state index in [1.54, 1.807) is 0 Å². The number of hydrogen-bond donors (Lipinski definition) is 2. The second-order valence-electron chi connectivity index (χ2n) is 3.12. The van der Waals surface area contributed by atoms with Crippen molar-refractivity contribution in [3.8, 4) is 0 Å². The molecule has 0 fully saturated rings. The van der Waals surface area contributed by atoms with Crippen molar-refractivity contribution in [3.05, 3.63) is 29.8 Å². The lowest BCUT2D eigenvalue weighted by atomic mass is 10.3. The highest BCUT2D eigenvalue weighted by atomic mass is 32.2. The molecule has 0 amide bonds. The zero-order valence-electron chi connectivity index (χ0n) is 8.49. The minimum atomic E-state index is -0.585. The third kappa shape index (κ3) is 4.06. The average Bonchev–Trinajstić information content (AvgIpc) is 2.26. The predicted molar refractivity (Wildman–Crippen MR) is 59.7 cm³/mol. The van der Waals surface area contributed by atoms with E-state index in [2.05, 4.69) is 5.16 Å². The largest absolute Gasteiger partial charge is 0.409 e. The zero-order valence-corrected chi connectivity index (χ0v) is 9.31.